The Kier molecular flexibility index (Phi) is 3.20. The van der Waals surface area contributed by atoms with Gasteiger partial charge < -0.3 is 5.73 Å². The fourth-order valence-corrected chi connectivity index (χ4v) is 1.76. The fraction of sp³-hybridized carbons (Fsp3) is 0.182. The van der Waals surface area contributed by atoms with Gasteiger partial charge in [0.15, 0.2) is 0 Å². The molecule has 0 aromatic heterocycles. The number of anilines is 1. The fourth-order valence-electron chi connectivity index (χ4n) is 1.59. The zero-order valence-electron chi connectivity index (χ0n) is 9.61. The van der Waals surface area contributed by atoms with Crippen LogP contribution in [0.5, 0.6) is 0 Å². The first-order chi connectivity index (χ1) is 8.47. The zero-order valence-corrected chi connectivity index (χ0v) is 10.4. The van der Waals surface area contributed by atoms with Gasteiger partial charge in [-0.05, 0) is 25.1 Å². The number of carbonyl (C=O) groups excluding carboxylic acids is 2. The van der Waals surface area contributed by atoms with Crippen molar-refractivity contribution in [3.63, 3.8) is 0 Å². The van der Waals surface area contributed by atoms with E-state index in [1.165, 1.54) is 0 Å². The summed E-state index contributed by atoms with van der Waals surface area (Å²) < 4.78 is 0. The van der Waals surface area contributed by atoms with Gasteiger partial charge in [-0.15, -0.1) is 0 Å². The number of nitrogens with one attached hydrogen (secondary N) is 1. The maximum Gasteiger partial charge on any atom is 0.345 e. The number of nitrogens with zero attached hydrogens (tertiary/aromatic N) is 2. The molecule has 0 spiro atoms. The second-order valence-electron chi connectivity index (χ2n) is 3.83. The molecule has 0 bridgehead atoms. The monoisotopic (exact) mass is 266 g/mol. The van der Waals surface area contributed by atoms with Gasteiger partial charge in [0, 0.05) is 16.3 Å². The summed E-state index contributed by atoms with van der Waals surface area (Å²) in [4.78, 5) is 22.3. The van der Waals surface area contributed by atoms with Gasteiger partial charge >= 0.3 is 6.03 Å². The Morgan fingerprint density at radius 3 is 2.83 bits per heavy atom. The van der Waals surface area contributed by atoms with E-state index in [4.69, 9.17) is 17.3 Å². The molecule has 1 aromatic rings. The van der Waals surface area contributed by atoms with E-state index in [0.29, 0.717) is 22.0 Å². The third kappa shape index (κ3) is 2.43. The molecule has 1 aliphatic rings. The molecule has 0 atom stereocenters. The van der Waals surface area contributed by atoms with Crippen LogP contribution in [-0.4, -0.2) is 29.2 Å². The molecule has 3 N–H and O–H groups in total. The number of hydrogen-bond acceptors (Lipinski definition) is 4. The highest BCUT2D eigenvalue weighted by atomic mass is 35.5. The Bertz CT molecular complexity index is 556. The summed E-state index contributed by atoms with van der Waals surface area (Å²) in [5, 5.41) is 7.77. The number of hydrogen-bond donors (Lipinski definition) is 2. The lowest BCUT2D eigenvalue weighted by Crippen LogP contribution is -2.25. The van der Waals surface area contributed by atoms with Gasteiger partial charge in [0.25, 0.3) is 0 Å². The highest BCUT2D eigenvalue weighted by Crippen LogP contribution is 2.19. The third-order valence-electron chi connectivity index (χ3n) is 2.45. The van der Waals surface area contributed by atoms with Crippen molar-refractivity contribution in [2.24, 2.45) is 5.10 Å². The lowest BCUT2D eigenvalue weighted by atomic mass is 10.1. The summed E-state index contributed by atoms with van der Waals surface area (Å²) >= 11 is 5.87. The second-order valence-corrected chi connectivity index (χ2v) is 4.26. The van der Waals surface area contributed by atoms with Crippen molar-refractivity contribution in [3.05, 3.63) is 28.8 Å². The van der Waals surface area contributed by atoms with Gasteiger partial charge in [0.1, 0.15) is 6.54 Å². The first kappa shape index (κ1) is 12.4. The highest BCUT2D eigenvalue weighted by molar-refractivity contribution is 6.31. The molecule has 0 radical (unpaired) electrons. The van der Waals surface area contributed by atoms with Crippen LogP contribution in [0.15, 0.2) is 23.3 Å². The molecule has 0 aliphatic carbocycles. The molecule has 2 rings (SSSR count). The quantitative estimate of drug-likeness (QED) is 0.479. The third-order valence-corrected chi connectivity index (χ3v) is 2.69. The lowest BCUT2D eigenvalue weighted by Gasteiger charge is -2.10. The van der Waals surface area contributed by atoms with Crippen molar-refractivity contribution < 1.29 is 9.59 Å². The molecule has 1 heterocycles. The van der Waals surface area contributed by atoms with Crippen molar-refractivity contribution in [2.45, 2.75) is 6.92 Å². The Hall–Kier alpha value is -2.08. The number of rotatable bonds is 2. The topological polar surface area (TPSA) is 87.8 Å². The van der Waals surface area contributed by atoms with Crippen molar-refractivity contribution in [2.75, 3.05) is 12.3 Å². The molecule has 1 saturated heterocycles. The second kappa shape index (κ2) is 4.66. The van der Waals surface area contributed by atoms with Crippen LogP contribution in [0.2, 0.25) is 5.02 Å². The van der Waals surface area contributed by atoms with Crippen LogP contribution in [0, 0.1) is 0 Å². The van der Waals surface area contributed by atoms with Crippen LogP contribution < -0.4 is 11.1 Å². The van der Waals surface area contributed by atoms with E-state index in [2.05, 4.69) is 10.4 Å². The Morgan fingerprint density at radius 2 is 2.22 bits per heavy atom. The van der Waals surface area contributed by atoms with E-state index < -0.39 is 6.03 Å². The number of hydrazone groups is 1. The van der Waals surface area contributed by atoms with Crippen LogP contribution in [-0.2, 0) is 4.79 Å². The molecule has 3 amide bonds. The highest BCUT2D eigenvalue weighted by Gasteiger charge is 2.26. The first-order valence-corrected chi connectivity index (χ1v) is 5.57. The molecule has 1 aliphatic heterocycles. The normalized spacial score (nSPS) is 16.1. The number of amides is 3. The average molecular weight is 267 g/mol. The van der Waals surface area contributed by atoms with Gasteiger partial charge in [-0.25, -0.2) is 9.80 Å². The van der Waals surface area contributed by atoms with Gasteiger partial charge in [0.05, 0.1) is 5.71 Å². The molecule has 7 heteroatoms. The molecule has 0 unspecified atom stereocenters. The van der Waals surface area contributed by atoms with Crippen molar-refractivity contribution >= 4 is 34.9 Å². The van der Waals surface area contributed by atoms with Crippen LogP contribution in [0.25, 0.3) is 0 Å². The molecule has 1 aromatic carbocycles. The summed E-state index contributed by atoms with van der Waals surface area (Å²) in [6, 6.07) is 4.44. The predicted molar refractivity (Wildman–Crippen MR) is 68.3 cm³/mol. The minimum atomic E-state index is -0.542. The van der Waals surface area contributed by atoms with Crippen molar-refractivity contribution in [3.8, 4) is 0 Å². The van der Waals surface area contributed by atoms with Crippen molar-refractivity contribution in [1.29, 1.82) is 0 Å². The van der Waals surface area contributed by atoms with E-state index in [1.807, 2.05) is 0 Å². The summed E-state index contributed by atoms with van der Waals surface area (Å²) in [6.07, 6.45) is 0. The van der Waals surface area contributed by atoms with Crippen LogP contribution in [0.4, 0.5) is 10.5 Å². The Balaban J connectivity index is 2.30. The number of halogens is 1. The summed E-state index contributed by atoms with van der Waals surface area (Å²) in [6.45, 7) is 1.61. The summed E-state index contributed by atoms with van der Waals surface area (Å²) in [5.74, 6) is -0.379. The minimum Gasteiger partial charge on any atom is -0.398 e. The standard InChI is InChI=1S/C11H11ClN4O2/c1-6(8-4-7(12)2-3-9(8)13)15-16-5-10(17)14-11(16)18/h2-4H,5,13H2,1H3,(H,14,17,18)/b15-6+. The molecule has 6 nitrogen and oxygen atoms in total. The minimum absolute atomic E-state index is 0.0867. The number of urea groups is 1. The van der Waals surface area contributed by atoms with Crippen LogP contribution >= 0.6 is 11.6 Å². The summed E-state index contributed by atoms with van der Waals surface area (Å²) in [5.41, 5.74) is 7.45. The SMILES string of the molecule is C/C(=N\N1CC(=O)NC1=O)c1cc(Cl)ccc1N. The van der Waals surface area contributed by atoms with Gasteiger partial charge in [-0.1, -0.05) is 11.6 Å². The van der Waals surface area contributed by atoms with Gasteiger partial charge in [-0.2, -0.15) is 5.10 Å². The maximum atomic E-state index is 11.3. The lowest BCUT2D eigenvalue weighted by molar-refractivity contribution is -0.118. The number of nitrogens with two attached hydrogens (primary N) is 1. The van der Waals surface area contributed by atoms with E-state index in [1.54, 1.807) is 25.1 Å². The smallest absolute Gasteiger partial charge is 0.345 e. The van der Waals surface area contributed by atoms with Gasteiger partial charge in [0.2, 0.25) is 5.91 Å². The Labute approximate surface area is 108 Å². The number of benzene rings is 1. The predicted octanol–water partition coefficient (Wildman–Crippen LogP) is 1.20. The van der Waals surface area contributed by atoms with Gasteiger partial charge in [-0.3, -0.25) is 10.1 Å². The zero-order chi connectivity index (χ0) is 13.3. The molecule has 18 heavy (non-hydrogen) atoms. The molecular formula is C11H11ClN4O2. The van der Waals surface area contributed by atoms with E-state index in [9.17, 15) is 9.59 Å². The van der Waals surface area contributed by atoms with E-state index in [-0.39, 0.29) is 12.5 Å². The number of carbonyl (C=O) groups is 2. The van der Waals surface area contributed by atoms with Crippen LogP contribution in [0.1, 0.15) is 12.5 Å². The average Bonchev–Trinajstić information content (AvgIpc) is 2.61. The van der Waals surface area contributed by atoms with Crippen LogP contribution in [0.3, 0.4) is 0 Å². The van der Waals surface area contributed by atoms with E-state index >= 15 is 0 Å². The van der Waals surface area contributed by atoms with Crippen molar-refractivity contribution in [1.82, 2.24) is 10.3 Å². The molecule has 1 fully saturated rings. The number of imide groups is 1. The first-order valence-electron chi connectivity index (χ1n) is 5.19. The summed E-state index contributed by atoms with van der Waals surface area (Å²) in [7, 11) is 0. The number of nitrogen functional groups attached to an aromatic ring is 1. The molecule has 0 saturated carbocycles. The van der Waals surface area contributed by atoms with E-state index in [0.717, 1.165) is 5.01 Å². The maximum absolute atomic E-state index is 11.3. The molecular weight excluding hydrogens is 256 g/mol. The largest absolute Gasteiger partial charge is 0.398 e. The Morgan fingerprint density at radius 1 is 1.50 bits per heavy atom. The molecule has 94 valence electrons.